The second-order valence-corrected chi connectivity index (χ2v) is 6.53. The molecule has 110 valence electrons. The Morgan fingerprint density at radius 3 is 2.67 bits per heavy atom. The van der Waals surface area contributed by atoms with Crippen molar-refractivity contribution in [2.24, 2.45) is 0 Å². The van der Waals surface area contributed by atoms with Gasteiger partial charge in [-0.3, -0.25) is 0 Å². The van der Waals surface area contributed by atoms with Gasteiger partial charge in [0.15, 0.2) is 0 Å². The monoisotopic (exact) mass is 345 g/mol. The summed E-state index contributed by atoms with van der Waals surface area (Å²) in [6.45, 7) is 2.25. The number of rotatable bonds is 3. The predicted molar refractivity (Wildman–Crippen MR) is 89.8 cm³/mol. The lowest BCUT2D eigenvalue weighted by Crippen LogP contribution is -2.34. The number of halogens is 1. The van der Waals surface area contributed by atoms with Crippen LogP contribution in [-0.2, 0) is 0 Å². The van der Waals surface area contributed by atoms with Crippen LogP contribution in [0.3, 0.4) is 0 Å². The van der Waals surface area contributed by atoms with Crippen LogP contribution in [0.4, 0.5) is 0 Å². The maximum atomic E-state index is 6.27. The lowest BCUT2D eigenvalue weighted by molar-refractivity contribution is 0.130. The first-order valence-electron chi connectivity index (χ1n) is 7.37. The molecule has 3 rings (SSSR count). The van der Waals surface area contributed by atoms with Gasteiger partial charge in [0.25, 0.3) is 0 Å². The van der Waals surface area contributed by atoms with E-state index in [9.17, 15) is 0 Å². The van der Waals surface area contributed by atoms with Crippen LogP contribution in [0.15, 0.2) is 53.0 Å². The Labute approximate surface area is 134 Å². The van der Waals surface area contributed by atoms with E-state index in [1.54, 1.807) is 0 Å². The zero-order chi connectivity index (χ0) is 14.8. The molecule has 0 spiro atoms. The van der Waals surface area contributed by atoms with Crippen molar-refractivity contribution in [1.82, 2.24) is 5.32 Å². The minimum Gasteiger partial charge on any atom is -0.489 e. The van der Waals surface area contributed by atoms with E-state index in [-0.39, 0.29) is 6.10 Å². The van der Waals surface area contributed by atoms with Crippen molar-refractivity contribution in [3.8, 4) is 5.75 Å². The molecular formula is C18H20BrNO. The Balaban J connectivity index is 1.89. The molecule has 1 heterocycles. The van der Waals surface area contributed by atoms with E-state index < -0.39 is 0 Å². The highest BCUT2D eigenvalue weighted by Gasteiger charge is 2.31. The maximum Gasteiger partial charge on any atom is 0.124 e. The van der Waals surface area contributed by atoms with E-state index in [2.05, 4.69) is 70.6 Å². The molecule has 1 aliphatic rings. The molecule has 0 fully saturated rings. The Bertz CT molecular complexity index is 614. The number of hydrogen-bond donors (Lipinski definition) is 1. The fourth-order valence-electron chi connectivity index (χ4n) is 3.02. The molecule has 0 amide bonds. The van der Waals surface area contributed by atoms with Gasteiger partial charge in [0.05, 0.1) is 0 Å². The van der Waals surface area contributed by atoms with Crippen LogP contribution < -0.4 is 10.1 Å². The van der Waals surface area contributed by atoms with Crippen LogP contribution in [0.2, 0.25) is 0 Å². The van der Waals surface area contributed by atoms with Gasteiger partial charge in [-0.05, 0) is 30.8 Å². The summed E-state index contributed by atoms with van der Waals surface area (Å²) in [6.07, 6.45) is 1.18. The van der Waals surface area contributed by atoms with E-state index in [0.29, 0.717) is 12.0 Å². The number of nitrogens with one attached hydrogen (secondary N) is 1. The second-order valence-electron chi connectivity index (χ2n) is 5.61. The molecule has 0 bridgehead atoms. The fourth-order valence-corrected chi connectivity index (χ4v) is 3.40. The minimum atomic E-state index is 0.193. The highest BCUT2D eigenvalue weighted by atomic mass is 79.9. The van der Waals surface area contributed by atoms with Crippen LogP contribution in [-0.4, -0.2) is 13.2 Å². The predicted octanol–water partition coefficient (Wildman–Crippen LogP) is 4.66. The van der Waals surface area contributed by atoms with Crippen molar-refractivity contribution in [1.29, 1.82) is 0 Å². The van der Waals surface area contributed by atoms with Crippen molar-refractivity contribution in [3.05, 3.63) is 64.1 Å². The van der Waals surface area contributed by atoms with Crippen molar-refractivity contribution in [2.75, 3.05) is 7.05 Å². The molecule has 0 saturated carbocycles. The first kappa shape index (κ1) is 14.6. The summed E-state index contributed by atoms with van der Waals surface area (Å²) in [5, 5.41) is 3.42. The van der Waals surface area contributed by atoms with Crippen LogP contribution in [0.1, 0.15) is 36.4 Å². The number of hydrogen-bond acceptors (Lipinski definition) is 2. The largest absolute Gasteiger partial charge is 0.489 e. The van der Waals surface area contributed by atoms with Gasteiger partial charge in [-0.15, -0.1) is 0 Å². The summed E-state index contributed by atoms with van der Waals surface area (Å²) < 4.78 is 7.37. The molecule has 0 aliphatic carbocycles. The normalized spacial score (nSPS) is 22.2. The van der Waals surface area contributed by atoms with Crippen molar-refractivity contribution in [2.45, 2.75) is 31.4 Å². The third kappa shape index (κ3) is 2.99. The molecule has 1 N–H and O–H groups in total. The second kappa shape index (κ2) is 6.20. The number of ether oxygens (including phenoxy) is 1. The number of fused-ring (bicyclic) bond motifs is 1. The molecule has 2 aromatic rings. The zero-order valence-electron chi connectivity index (χ0n) is 12.3. The summed E-state index contributed by atoms with van der Waals surface area (Å²) >= 11 is 3.54. The molecule has 3 unspecified atom stereocenters. The first-order valence-corrected chi connectivity index (χ1v) is 8.16. The molecular weight excluding hydrogens is 326 g/mol. The summed E-state index contributed by atoms with van der Waals surface area (Å²) in [7, 11) is 2.02. The molecule has 0 radical (unpaired) electrons. The summed E-state index contributed by atoms with van der Waals surface area (Å²) in [5.41, 5.74) is 2.57. The fraction of sp³-hybridized carbons (Fsp3) is 0.333. The third-order valence-corrected chi connectivity index (χ3v) is 4.82. The molecule has 3 atom stereocenters. The maximum absolute atomic E-state index is 6.27. The summed E-state index contributed by atoms with van der Waals surface area (Å²) in [6, 6.07) is 17.2. The minimum absolute atomic E-state index is 0.193. The van der Waals surface area contributed by atoms with Gasteiger partial charge in [0, 0.05) is 28.4 Å². The van der Waals surface area contributed by atoms with Crippen molar-refractivity contribution in [3.63, 3.8) is 0 Å². The average Bonchev–Trinajstić information content (AvgIpc) is 2.54. The molecule has 21 heavy (non-hydrogen) atoms. The van der Waals surface area contributed by atoms with Gasteiger partial charge in [-0.25, -0.2) is 0 Å². The molecule has 0 aromatic heterocycles. The van der Waals surface area contributed by atoms with Gasteiger partial charge in [0.2, 0.25) is 0 Å². The quantitative estimate of drug-likeness (QED) is 0.872. The molecule has 0 saturated heterocycles. The van der Waals surface area contributed by atoms with Gasteiger partial charge in [-0.1, -0.05) is 53.2 Å². The Morgan fingerprint density at radius 1 is 1.19 bits per heavy atom. The molecule has 2 nitrogen and oxygen atoms in total. The third-order valence-electron chi connectivity index (χ3n) is 4.33. The summed E-state index contributed by atoms with van der Waals surface area (Å²) in [5.74, 6) is 1.37. The zero-order valence-corrected chi connectivity index (χ0v) is 13.9. The Kier molecular flexibility index (Phi) is 4.32. The van der Waals surface area contributed by atoms with Gasteiger partial charge < -0.3 is 10.1 Å². The summed E-state index contributed by atoms with van der Waals surface area (Å²) in [4.78, 5) is 0. The molecule has 2 aromatic carbocycles. The van der Waals surface area contributed by atoms with Gasteiger partial charge in [0.1, 0.15) is 11.9 Å². The average molecular weight is 346 g/mol. The Hall–Kier alpha value is -1.32. The number of benzene rings is 2. The van der Waals surface area contributed by atoms with Crippen LogP contribution >= 0.6 is 15.9 Å². The van der Waals surface area contributed by atoms with Gasteiger partial charge >= 0.3 is 0 Å². The Morgan fingerprint density at radius 2 is 1.95 bits per heavy atom. The first-order chi connectivity index (χ1) is 10.2. The molecule has 3 heteroatoms. The van der Waals surface area contributed by atoms with Crippen molar-refractivity contribution < 1.29 is 4.74 Å². The van der Waals surface area contributed by atoms with E-state index in [1.807, 2.05) is 13.1 Å². The SMILES string of the molecule is CNC1CC(C(C)c2ccccc2)Oc2ccc(Br)cc21. The van der Waals surface area contributed by atoms with E-state index in [1.165, 1.54) is 11.1 Å². The van der Waals surface area contributed by atoms with E-state index in [0.717, 1.165) is 16.6 Å². The highest BCUT2D eigenvalue weighted by molar-refractivity contribution is 9.10. The van der Waals surface area contributed by atoms with Crippen molar-refractivity contribution >= 4 is 15.9 Å². The smallest absolute Gasteiger partial charge is 0.124 e. The lowest BCUT2D eigenvalue weighted by Gasteiger charge is -2.35. The molecule has 1 aliphatic heterocycles. The van der Waals surface area contributed by atoms with Crippen LogP contribution in [0, 0.1) is 0 Å². The van der Waals surface area contributed by atoms with Gasteiger partial charge in [-0.2, -0.15) is 0 Å². The standard InChI is InChI=1S/C18H20BrNO/c1-12(13-6-4-3-5-7-13)18-11-16(20-2)15-10-14(19)8-9-17(15)21-18/h3-10,12,16,18,20H,11H2,1-2H3. The van der Waals surface area contributed by atoms with Crippen LogP contribution in [0.25, 0.3) is 0 Å². The van der Waals surface area contributed by atoms with E-state index >= 15 is 0 Å². The highest BCUT2D eigenvalue weighted by Crippen LogP contribution is 2.40. The van der Waals surface area contributed by atoms with E-state index in [4.69, 9.17) is 4.74 Å². The lowest BCUT2D eigenvalue weighted by atomic mass is 9.87. The van der Waals surface area contributed by atoms with Crippen LogP contribution in [0.5, 0.6) is 5.75 Å². The topological polar surface area (TPSA) is 21.3 Å².